The topological polar surface area (TPSA) is 19.0 Å². The number of para-hydroxylation sites is 3. The Morgan fingerprint density at radius 2 is 1.17 bits per heavy atom. The van der Waals surface area contributed by atoms with Gasteiger partial charge in [0, 0.05) is 44.3 Å². The second-order valence-electron chi connectivity index (χ2n) is 17.6. The molecule has 4 heteroatoms. The van der Waals surface area contributed by atoms with E-state index >= 15 is 0 Å². The minimum Gasteiger partial charge on any atom is -0.354 e. The lowest BCUT2D eigenvalue weighted by Crippen LogP contribution is -2.76. The lowest BCUT2D eigenvalue weighted by molar-refractivity contribution is 0.662. The Kier molecular flexibility index (Phi) is 5.98. The Balaban J connectivity index is 1.12. The summed E-state index contributed by atoms with van der Waals surface area (Å²) >= 11 is 0. The van der Waals surface area contributed by atoms with Gasteiger partial charge in [0.1, 0.15) is 0 Å². The van der Waals surface area contributed by atoms with Crippen LogP contribution < -0.4 is 36.6 Å². The molecule has 1 aliphatic carbocycles. The molecule has 1 N–H and O–H groups in total. The van der Waals surface area contributed by atoms with Gasteiger partial charge in [-0.3, -0.25) is 0 Å². The van der Waals surface area contributed by atoms with Crippen molar-refractivity contribution < 1.29 is 0 Å². The van der Waals surface area contributed by atoms with E-state index in [-0.39, 0.29) is 5.41 Å². The van der Waals surface area contributed by atoms with Gasteiger partial charge in [0.15, 0.2) is 15.4 Å². The summed E-state index contributed by atoms with van der Waals surface area (Å²) in [4.78, 5) is 6.70. The molecule has 0 saturated heterocycles. The van der Waals surface area contributed by atoms with Crippen LogP contribution in [0.25, 0.3) is 66.0 Å². The summed E-state index contributed by atoms with van der Waals surface area (Å²) in [5.41, 5.74) is 20.0. The second-order valence-corrected chi connectivity index (χ2v) is 21.2. The Morgan fingerprint density at radius 3 is 2.00 bits per heavy atom. The summed E-state index contributed by atoms with van der Waals surface area (Å²) in [5.74, 6) is 0. The molecule has 10 aromatic rings. The van der Waals surface area contributed by atoms with E-state index in [1.165, 1.54) is 126 Å². The predicted octanol–water partition coefficient (Wildman–Crippen LogP) is 9.29. The first kappa shape index (κ1) is 32.1. The third-order valence-corrected chi connectivity index (χ3v) is 19.5. The SMILES string of the molecule is CC1(C)c2ccccc2-c2cc3c(c(-c4cccc5c4[nH]c4ccc6ccccc6c45)c21)Bc1cccc2c1N3c1ccccc1[Si]21c2ccccc2-c2ccccc21. The molecule has 0 atom stereocenters. The number of fused-ring (bicyclic) bond motifs is 19. The number of anilines is 3. The molecule has 9 aromatic carbocycles. The van der Waals surface area contributed by atoms with Gasteiger partial charge < -0.3 is 9.88 Å². The Bertz CT molecular complexity index is 3490. The third kappa shape index (κ3) is 3.76. The maximum absolute atomic E-state index is 4.01. The highest BCUT2D eigenvalue weighted by atomic mass is 28.3. The van der Waals surface area contributed by atoms with Gasteiger partial charge in [0.25, 0.3) is 0 Å². The van der Waals surface area contributed by atoms with Crippen LogP contribution in [-0.4, -0.2) is 20.3 Å². The van der Waals surface area contributed by atoms with Crippen molar-refractivity contribution in [1.29, 1.82) is 0 Å². The quantitative estimate of drug-likeness (QED) is 0.165. The molecule has 0 unspecified atom stereocenters. The average Bonchev–Trinajstić information content (AvgIpc) is 3.89. The van der Waals surface area contributed by atoms with Crippen molar-refractivity contribution in [2.24, 2.45) is 0 Å². The van der Waals surface area contributed by atoms with E-state index in [1.54, 1.807) is 0 Å². The molecular formula is C55H37BN2Si. The van der Waals surface area contributed by atoms with Gasteiger partial charge in [-0.25, -0.2) is 0 Å². The van der Waals surface area contributed by atoms with Gasteiger partial charge in [-0.15, -0.1) is 0 Å². The van der Waals surface area contributed by atoms with Crippen molar-refractivity contribution in [3.05, 3.63) is 187 Å². The van der Waals surface area contributed by atoms with Crippen molar-refractivity contribution in [1.82, 2.24) is 4.98 Å². The van der Waals surface area contributed by atoms with E-state index in [4.69, 9.17) is 0 Å². The molecule has 4 heterocycles. The first-order valence-electron chi connectivity index (χ1n) is 21.0. The summed E-state index contributed by atoms with van der Waals surface area (Å²) in [7, 11) is -1.82. The molecule has 0 amide bonds. The largest absolute Gasteiger partial charge is 0.354 e. The normalized spacial score (nSPS) is 15.3. The Morgan fingerprint density at radius 1 is 0.525 bits per heavy atom. The number of hydrogen-bond donors (Lipinski definition) is 1. The van der Waals surface area contributed by atoms with Gasteiger partial charge in [0.05, 0.1) is 5.52 Å². The maximum atomic E-state index is 4.01. The number of benzene rings is 9. The van der Waals surface area contributed by atoms with Crippen LogP contribution in [-0.2, 0) is 5.41 Å². The average molecular weight is 765 g/mol. The molecule has 274 valence electrons. The van der Waals surface area contributed by atoms with Gasteiger partial charge in [0.2, 0.25) is 0 Å². The molecule has 14 rings (SSSR count). The van der Waals surface area contributed by atoms with Crippen molar-refractivity contribution >= 4 is 96.7 Å². The molecule has 0 saturated carbocycles. The fourth-order valence-electron chi connectivity index (χ4n) is 12.4. The molecule has 59 heavy (non-hydrogen) atoms. The first-order valence-corrected chi connectivity index (χ1v) is 23.0. The van der Waals surface area contributed by atoms with Gasteiger partial charge >= 0.3 is 0 Å². The standard InChI is InChI=1S/C55H37BN2Si/c1-55(2)40-22-8-5-17-34(40)39-31-44-52(50(51(39)55)38-21-13-20-37-49-33-16-4-3-15-32(33)29-30-42(49)57-53(37)38)56-41-23-14-28-48-54(41)58(44)43-24-9-12-27-47(43)59(48)45-25-10-6-18-35(45)36-19-7-11-26-46(36)59/h3-31,56-57H,1-2H3. The van der Waals surface area contributed by atoms with E-state index < -0.39 is 8.07 Å². The zero-order valence-electron chi connectivity index (χ0n) is 32.9. The lowest BCUT2D eigenvalue weighted by Gasteiger charge is -2.47. The zero-order chi connectivity index (χ0) is 38.8. The van der Waals surface area contributed by atoms with Crippen LogP contribution in [0.5, 0.6) is 0 Å². The number of nitrogens with one attached hydrogen (secondary N) is 1. The fourth-order valence-corrected chi connectivity index (χ4v) is 17.9. The molecule has 0 bridgehead atoms. The first-order chi connectivity index (χ1) is 29.0. The van der Waals surface area contributed by atoms with Crippen LogP contribution in [0.15, 0.2) is 176 Å². The molecule has 1 spiro atoms. The summed E-state index contributed by atoms with van der Waals surface area (Å²) < 4.78 is 0. The van der Waals surface area contributed by atoms with Gasteiger partial charge in [-0.2, -0.15) is 0 Å². The van der Waals surface area contributed by atoms with Crippen LogP contribution in [0.4, 0.5) is 17.1 Å². The van der Waals surface area contributed by atoms with Crippen LogP contribution in [0.3, 0.4) is 0 Å². The molecule has 3 aliphatic heterocycles. The Labute approximate surface area is 344 Å². The van der Waals surface area contributed by atoms with Gasteiger partial charge in [-0.1, -0.05) is 177 Å². The molecule has 4 aliphatic rings. The number of hydrogen-bond acceptors (Lipinski definition) is 1. The van der Waals surface area contributed by atoms with E-state index in [1.807, 2.05) is 0 Å². The monoisotopic (exact) mass is 764 g/mol. The molecule has 0 radical (unpaired) electrons. The van der Waals surface area contributed by atoms with Gasteiger partial charge in [-0.05, 0) is 94.1 Å². The van der Waals surface area contributed by atoms with E-state index in [2.05, 4.69) is 200 Å². The van der Waals surface area contributed by atoms with Crippen LogP contribution >= 0.6 is 0 Å². The summed E-state index contributed by atoms with van der Waals surface area (Å²) in [6.45, 7) is 4.89. The third-order valence-electron chi connectivity index (χ3n) is 14.6. The van der Waals surface area contributed by atoms with Crippen molar-refractivity contribution in [3.63, 3.8) is 0 Å². The smallest absolute Gasteiger partial charge is 0.198 e. The minimum absolute atomic E-state index is 0.201. The number of rotatable bonds is 1. The molecule has 2 nitrogen and oxygen atoms in total. The van der Waals surface area contributed by atoms with E-state index in [9.17, 15) is 0 Å². The lowest BCUT2D eigenvalue weighted by atomic mass is 9.56. The molecule has 0 fully saturated rings. The number of nitrogens with zero attached hydrogens (tertiary/aromatic N) is 1. The van der Waals surface area contributed by atoms with E-state index in [0.717, 1.165) is 7.28 Å². The maximum Gasteiger partial charge on any atom is 0.198 e. The second kappa shape index (κ2) is 11.0. The number of aromatic amines is 1. The van der Waals surface area contributed by atoms with Crippen LogP contribution in [0.1, 0.15) is 25.0 Å². The molecular weight excluding hydrogens is 728 g/mol. The summed E-state index contributed by atoms with van der Waals surface area (Å²) in [5, 5.41) is 11.1. The number of aromatic nitrogens is 1. The highest BCUT2D eigenvalue weighted by Gasteiger charge is 2.55. The Hall–Kier alpha value is -6.88. The summed E-state index contributed by atoms with van der Waals surface area (Å²) in [6, 6.07) is 67.4. The summed E-state index contributed by atoms with van der Waals surface area (Å²) in [6.07, 6.45) is 0. The van der Waals surface area contributed by atoms with Crippen LogP contribution in [0.2, 0.25) is 0 Å². The highest BCUT2D eigenvalue weighted by molar-refractivity contribution is 7.23. The van der Waals surface area contributed by atoms with Crippen molar-refractivity contribution in [2.45, 2.75) is 19.3 Å². The molecule has 1 aromatic heterocycles. The number of H-pyrrole nitrogens is 1. The van der Waals surface area contributed by atoms with Crippen LogP contribution in [0, 0.1) is 0 Å². The fraction of sp³-hybridized carbons (Fsp3) is 0.0545. The highest BCUT2D eigenvalue weighted by Crippen LogP contribution is 2.55. The minimum atomic E-state index is -2.68. The van der Waals surface area contributed by atoms with E-state index in [0.29, 0.717) is 0 Å². The van der Waals surface area contributed by atoms with Crippen molar-refractivity contribution in [2.75, 3.05) is 4.90 Å². The predicted molar refractivity (Wildman–Crippen MR) is 254 cm³/mol. The van der Waals surface area contributed by atoms with Crippen molar-refractivity contribution in [3.8, 4) is 33.4 Å². The zero-order valence-corrected chi connectivity index (χ0v) is 33.9.